The first-order valence-corrected chi connectivity index (χ1v) is 7.90. The maximum absolute atomic E-state index is 10.6. The van der Waals surface area contributed by atoms with Crippen LogP contribution in [0.4, 0.5) is 0 Å². The number of hydrogen-bond donors (Lipinski definition) is 1. The Bertz CT molecular complexity index is 681. The smallest absolute Gasteiger partial charge is 0.303 e. The molecule has 134 valence electrons. The Morgan fingerprint density at radius 1 is 0.880 bits per heavy atom. The molecule has 0 amide bonds. The third-order valence-corrected chi connectivity index (χ3v) is 3.52. The van der Waals surface area contributed by atoms with E-state index in [1.165, 1.54) is 0 Å². The zero-order valence-electron chi connectivity index (χ0n) is 14.4. The van der Waals surface area contributed by atoms with Crippen LogP contribution >= 0.6 is 0 Å². The molecule has 0 saturated carbocycles. The molecule has 6 nitrogen and oxygen atoms in total. The van der Waals surface area contributed by atoms with Crippen LogP contribution < -0.4 is 18.9 Å². The maximum atomic E-state index is 10.6. The molecule has 0 aliphatic heterocycles. The molecule has 1 N–H and O–H groups in total. The molecule has 0 aliphatic carbocycles. The summed E-state index contributed by atoms with van der Waals surface area (Å²) in [6.45, 7) is 0.743. The van der Waals surface area contributed by atoms with Gasteiger partial charge in [0.25, 0.3) is 0 Å². The van der Waals surface area contributed by atoms with Gasteiger partial charge in [-0.05, 0) is 48.4 Å². The van der Waals surface area contributed by atoms with Crippen LogP contribution in [-0.2, 0) is 11.2 Å². The van der Waals surface area contributed by atoms with Gasteiger partial charge in [0.1, 0.15) is 24.7 Å². The summed E-state index contributed by atoms with van der Waals surface area (Å²) < 4.78 is 21.7. The molecule has 2 rings (SSSR count). The van der Waals surface area contributed by atoms with Gasteiger partial charge in [-0.3, -0.25) is 4.79 Å². The van der Waals surface area contributed by atoms with Gasteiger partial charge >= 0.3 is 5.97 Å². The van der Waals surface area contributed by atoms with E-state index in [1.807, 2.05) is 30.3 Å². The SMILES string of the molecule is COc1ccc(OCCOc2ccc(CCC(=O)O)cc2OC)cc1. The van der Waals surface area contributed by atoms with Crippen LogP contribution in [0.1, 0.15) is 12.0 Å². The minimum Gasteiger partial charge on any atom is -0.497 e. The fraction of sp³-hybridized carbons (Fsp3) is 0.316. The van der Waals surface area contributed by atoms with Gasteiger partial charge in [0.15, 0.2) is 11.5 Å². The number of carboxylic acid groups (broad SMARTS) is 1. The molecule has 2 aromatic carbocycles. The average Bonchev–Trinajstić information content (AvgIpc) is 2.64. The highest BCUT2D eigenvalue weighted by Gasteiger charge is 2.07. The van der Waals surface area contributed by atoms with Crippen molar-refractivity contribution in [1.82, 2.24) is 0 Å². The van der Waals surface area contributed by atoms with Crippen LogP contribution in [0.2, 0.25) is 0 Å². The van der Waals surface area contributed by atoms with Crippen molar-refractivity contribution in [3.8, 4) is 23.0 Å². The van der Waals surface area contributed by atoms with Gasteiger partial charge in [0.05, 0.1) is 14.2 Å². The molecule has 0 spiro atoms. The number of carboxylic acids is 1. The number of hydrogen-bond acceptors (Lipinski definition) is 5. The Hall–Kier alpha value is -2.89. The van der Waals surface area contributed by atoms with Crippen molar-refractivity contribution in [2.24, 2.45) is 0 Å². The lowest BCUT2D eigenvalue weighted by Gasteiger charge is -2.13. The summed E-state index contributed by atoms with van der Waals surface area (Å²) >= 11 is 0. The van der Waals surface area contributed by atoms with E-state index in [9.17, 15) is 4.79 Å². The molecule has 2 aromatic rings. The van der Waals surface area contributed by atoms with Crippen molar-refractivity contribution < 1.29 is 28.8 Å². The van der Waals surface area contributed by atoms with Crippen molar-refractivity contribution >= 4 is 5.97 Å². The second kappa shape index (κ2) is 9.42. The number of aliphatic carboxylic acids is 1. The van der Waals surface area contributed by atoms with Gasteiger partial charge in [-0.15, -0.1) is 0 Å². The van der Waals surface area contributed by atoms with Crippen LogP contribution in [0.5, 0.6) is 23.0 Å². The molecule has 0 aromatic heterocycles. The number of benzene rings is 2. The number of methoxy groups -OCH3 is 2. The van der Waals surface area contributed by atoms with E-state index < -0.39 is 5.97 Å². The predicted octanol–water partition coefficient (Wildman–Crippen LogP) is 3.18. The highest BCUT2D eigenvalue weighted by atomic mass is 16.5. The molecule has 25 heavy (non-hydrogen) atoms. The van der Waals surface area contributed by atoms with Crippen molar-refractivity contribution in [2.75, 3.05) is 27.4 Å². The summed E-state index contributed by atoms with van der Waals surface area (Å²) in [5.74, 6) is 1.86. The average molecular weight is 346 g/mol. The van der Waals surface area contributed by atoms with E-state index in [0.717, 1.165) is 17.1 Å². The summed E-state index contributed by atoms with van der Waals surface area (Å²) in [6.07, 6.45) is 0.533. The molecule has 0 saturated heterocycles. The zero-order chi connectivity index (χ0) is 18.1. The fourth-order valence-electron chi connectivity index (χ4n) is 2.22. The van der Waals surface area contributed by atoms with Gasteiger partial charge in [-0.1, -0.05) is 6.07 Å². The molecule has 0 aliphatic rings. The van der Waals surface area contributed by atoms with Gasteiger partial charge < -0.3 is 24.1 Å². The topological polar surface area (TPSA) is 74.2 Å². The normalized spacial score (nSPS) is 10.2. The first kappa shape index (κ1) is 18.4. The first-order valence-electron chi connectivity index (χ1n) is 7.90. The maximum Gasteiger partial charge on any atom is 0.303 e. The lowest BCUT2D eigenvalue weighted by Crippen LogP contribution is -2.09. The van der Waals surface area contributed by atoms with Crippen LogP contribution in [-0.4, -0.2) is 38.5 Å². The van der Waals surface area contributed by atoms with E-state index >= 15 is 0 Å². The highest BCUT2D eigenvalue weighted by molar-refractivity contribution is 5.67. The lowest BCUT2D eigenvalue weighted by molar-refractivity contribution is -0.136. The fourth-order valence-corrected chi connectivity index (χ4v) is 2.22. The van der Waals surface area contributed by atoms with E-state index in [2.05, 4.69) is 0 Å². The predicted molar refractivity (Wildman–Crippen MR) is 92.9 cm³/mol. The van der Waals surface area contributed by atoms with Gasteiger partial charge in [0.2, 0.25) is 0 Å². The van der Waals surface area contributed by atoms with E-state index in [0.29, 0.717) is 31.1 Å². The molecule has 0 radical (unpaired) electrons. The van der Waals surface area contributed by atoms with Crippen LogP contribution in [0.25, 0.3) is 0 Å². The van der Waals surface area contributed by atoms with E-state index in [1.54, 1.807) is 26.4 Å². The summed E-state index contributed by atoms with van der Waals surface area (Å²) in [5, 5.41) is 8.75. The van der Waals surface area contributed by atoms with Gasteiger partial charge in [-0.25, -0.2) is 0 Å². The second-order valence-electron chi connectivity index (χ2n) is 5.25. The van der Waals surface area contributed by atoms with Crippen LogP contribution in [0, 0.1) is 0 Å². The van der Waals surface area contributed by atoms with E-state index in [4.69, 9.17) is 24.1 Å². The third kappa shape index (κ3) is 5.91. The molecule has 0 heterocycles. The number of aryl methyl sites for hydroxylation is 1. The molecular formula is C19H22O6. The quantitative estimate of drug-likeness (QED) is 0.666. The van der Waals surface area contributed by atoms with Crippen molar-refractivity contribution in [3.63, 3.8) is 0 Å². The van der Waals surface area contributed by atoms with Crippen LogP contribution in [0.3, 0.4) is 0 Å². The third-order valence-electron chi connectivity index (χ3n) is 3.52. The van der Waals surface area contributed by atoms with Crippen molar-refractivity contribution in [1.29, 1.82) is 0 Å². The standard InChI is InChI=1S/C19H22O6/c1-22-15-5-7-16(8-6-15)24-11-12-25-17-9-3-14(4-10-19(20)21)13-18(17)23-2/h3,5-9,13H,4,10-12H2,1-2H3,(H,20,21). The zero-order valence-corrected chi connectivity index (χ0v) is 14.4. The van der Waals surface area contributed by atoms with Crippen molar-refractivity contribution in [3.05, 3.63) is 48.0 Å². The van der Waals surface area contributed by atoms with Crippen molar-refractivity contribution in [2.45, 2.75) is 12.8 Å². The second-order valence-corrected chi connectivity index (χ2v) is 5.25. The van der Waals surface area contributed by atoms with Gasteiger partial charge in [-0.2, -0.15) is 0 Å². The summed E-state index contributed by atoms with van der Waals surface area (Å²) in [5.41, 5.74) is 0.890. The Balaban J connectivity index is 1.83. The molecule has 0 bridgehead atoms. The molecule has 0 unspecified atom stereocenters. The molecular weight excluding hydrogens is 324 g/mol. The van der Waals surface area contributed by atoms with Crippen LogP contribution in [0.15, 0.2) is 42.5 Å². The highest BCUT2D eigenvalue weighted by Crippen LogP contribution is 2.28. The number of rotatable bonds is 10. The lowest BCUT2D eigenvalue weighted by atomic mass is 10.1. The number of carbonyl (C=O) groups is 1. The largest absolute Gasteiger partial charge is 0.497 e. The summed E-state index contributed by atoms with van der Waals surface area (Å²) in [7, 11) is 3.17. The van der Waals surface area contributed by atoms with Gasteiger partial charge in [0, 0.05) is 6.42 Å². The number of ether oxygens (including phenoxy) is 4. The minimum atomic E-state index is -0.824. The molecule has 0 atom stereocenters. The van der Waals surface area contributed by atoms with E-state index in [-0.39, 0.29) is 6.42 Å². The monoisotopic (exact) mass is 346 g/mol. The Labute approximate surface area is 146 Å². The summed E-state index contributed by atoms with van der Waals surface area (Å²) in [4.78, 5) is 10.6. The minimum absolute atomic E-state index is 0.0824. The molecule has 0 fully saturated rings. The Morgan fingerprint density at radius 2 is 1.56 bits per heavy atom. The Morgan fingerprint density at radius 3 is 2.20 bits per heavy atom. The Kier molecular flexibility index (Phi) is 6.95. The summed E-state index contributed by atoms with van der Waals surface area (Å²) in [6, 6.07) is 12.7. The molecule has 6 heteroatoms. The first-order chi connectivity index (χ1) is 12.1.